The summed E-state index contributed by atoms with van der Waals surface area (Å²) in [5.41, 5.74) is 0.346. The van der Waals surface area contributed by atoms with Gasteiger partial charge < -0.3 is 9.53 Å². The lowest BCUT2D eigenvalue weighted by molar-refractivity contribution is -0.115. The summed E-state index contributed by atoms with van der Waals surface area (Å²) in [4.78, 5) is 11.0. The van der Waals surface area contributed by atoms with Crippen LogP contribution in [0.3, 0.4) is 0 Å². The lowest BCUT2D eigenvalue weighted by atomic mass is 9.62. The van der Waals surface area contributed by atoms with Crippen molar-refractivity contribution in [1.82, 2.24) is 0 Å². The highest BCUT2D eigenvalue weighted by Crippen LogP contribution is 2.57. The van der Waals surface area contributed by atoms with Gasteiger partial charge in [-0.15, -0.1) is 0 Å². The maximum Gasteiger partial charge on any atom is 0.123 e. The summed E-state index contributed by atoms with van der Waals surface area (Å²) in [5.74, 6) is 1.47. The van der Waals surface area contributed by atoms with Crippen LogP contribution in [0.15, 0.2) is 0 Å². The van der Waals surface area contributed by atoms with E-state index in [0.717, 1.165) is 6.29 Å². The van der Waals surface area contributed by atoms with Crippen LogP contribution in [-0.4, -0.2) is 19.5 Å². The van der Waals surface area contributed by atoms with E-state index in [-0.39, 0.29) is 5.92 Å². The Kier molecular flexibility index (Phi) is 3.39. The number of aldehydes is 1. The number of fused-ring (bicyclic) bond motifs is 1. The maximum atomic E-state index is 11.0. The molecule has 3 unspecified atom stereocenters. The SMILES string of the molecule is COC1CCC[C@@]2(C)C1CCC2[C@H](C)C=O. The topological polar surface area (TPSA) is 26.3 Å². The van der Waals surface area contributed by atoms with E-state index < -0.39 is 0 Å². The fourth-order valence-corrected chi connectivity index (χ4v) is 4.40. The standard InChI is InChI=1S/C14H24O2/c1-10(9-15)11-6-7-12-13(16-3)5-4-8-14(11,12)2/h9-13H,4-8H2,1-3H3/t10-,11?,12?,13?,14-/m1/s1. The largest absolute Gasteiger partial charge is 0.381 e. The monoisotopic (exact) mass is 224 g/mol. The Balaban J connectivity index is 2.20. The Labute approximate surface area is 98.7 Å². The van der Waals surface area contributed by atoms with Gasteiger partial charge in [0.25, 0.3) is 0 Å². The lowest BCUT2D eigenvalue weighted by Crippen LogP contribution is -2.42. The second-order valence-corrected chi connectivity index (χ2v) is 5.96. The fourth-order valence-electron chi connectivity index (χ4n) is 4.40. The van der Waals surface area contributed by atoms with Crippen molar-refractivity contribution in [3.63, 3.8) is 0 Å². The fraction of sp³-hybridized carbons (Fsp3) is 0.929. The van der Waals surface area contributed by atoms with Gasteiger partial charge in [0.2, 0.25) is 0 Å². The molecule has 2 heteroatoms. The Hall–Kier alpha value is -0.370. The Morgan fingerprint density at radius 3 is 2.75 bits per heavy atom. The molecule has 2 saturated carbocycles. The molecular weight excluding hydrogens is 200 g/mol. The molecule has 2 fully saturated rings. The molecule has 0 spiro atoms. The predicted octanol–water partition coefficient (Wildman–Crippen LogP) is 3.05. The second kappa shape index (κ2) is 4.48. The summed E-state index contributed by atoms with van der Waals surface area (Å²) in [6, 6.07) is 0. The van der Waals surface area contributed by atoms with Crippen LogP contribution in [0.5, 0.6) is 0 Å². The summed E-state index contributed by atoms with van der Waals surface area (Å²) >= 11 is 0. The highest BCUT2D eigenvalue weighted by atomic mass is 16.5. The molecule has 0 aromatic carbocycles. The molecule has 0 aromatic heterocycles. The summed E-state index contributed by atoms with van der Waals surface area (Å²) in [5, 5.41) is 0. The minimum atomic E-state index is 0.214. The van der Waals surface area contributed by atoms with E-state index in [1.165, 1.54) is 32.1 Å². The smallest absolute Gasteiger partial charge is 0.123 e. The number of rotatable bonds is 3. The van der Waals surface area contributed by atoms with E-state index in [1.807, 2.05) is 7.11 Å². The zero-order valence-corrected chi connectivity index (χ0v) is 10.7. The van der Waals surface area contributed by atoms with Crippen LogP contribution in [0.1, 0.15) is 46.0 Å². The molecule has 5 atom stereocenters. The summed E-state index contributed by atoms with van der Waals surface area (Å²) in [6.45, 7) is 4.47. The van der Waals surface area contributed by atoms with E-state index in [1.54, 1.807) is 0 Å². The normalized spacial score (nSPS) is 45.1. The first kappa shape index (κ1) is 12.1. The van der Waals surface area contributed by atoms with Crippen LogP contribution in [0.4, 0.5) is 0 Å². The summed E-state index contributed by atoms with van der Waals surface area (Å²) in [6.07, 6.45) is 7.78. The number of hydrogen-bond donors (Lipinski definition) is 0. The maximum absolute atomic E-state index is 11.0. The molecule has 0 amide bonds. The third kappa shape index (κ3) is 1.71. The van der Waals surface area contributed by atoms with Crippen LogP contribution < -0.4 is 0 Å². The predicted molar refractivity (Wildman–Crippen MR) is 64.2 cm³/mol. The van der Waals surface area contributed by atoms with E-state index in [9.17, 15) is 4.79 Å². The summed E-state index contributed by atoms with van der Waals surface area (Å²) in [7, 11) is 1.84. The van der Waals surface area contributed by atoms with Crippen molar-refractivity contribution in [2.24, 2.45) is 23.2 Å². The molecule has 0 aliphatic heterocycles. The third-order valence-corrected chi connectivity index (χ3v) is 5.29. The number of ether oxygens (including phenoxy) is 1. The number of carbonyl (C=O) groups excluding carboxylic acids is 1. The van der Waals surface area contributed by atoms with Gasteiger partial charge in [-0.25, -0.2) is 0 Å². The van der Waals surface area contributed by atoms with E-state index in [2.05, 4.69) is 13.8 Å². The van der Waals surface area contributed by atoms with Gasteiger partial charge in [0.1, 0.15) is 6.29 Å². The van der Waals surface area contributed by atoms with Gasteiger partial charge in [-0.1, -0.05) is 20.3 Å². The van der Waals surface area contributed by atoms with Crippen molar-refractivity contribution in [2.75, 3.05) is 7.11 Å². The van der Waals surface area contributed by atoms with Crippen molar-refractivity contribution in [3.05, 3.63) is 0 Å². The van der Waals surface area contributed by atoms with Gasteiger partial charge >= 0.3 is 0 Å². The first-order valence-corrected chi connectivity index (χ1v) is 6.61. The molecular formula is C14H24O2. The molecule has 16 heavy (non-hydrogen) atoms. The van der Waals surface area contributed by atoms with E-state index in [4.69, 9.17) is 4.74 Å². The Morgan fingerprint density at radius 2 is 2.12 bits per heavy atom. The summed E-state index contributed by atoms with van der Waals surface area (Å²) < 4.78 is 5.64. The molecule has 0 heterocycles. The van der Waals surface area contributed by atoms with Gasteiger partial charge in [-0.2, -0.15) is 0 Å². The molecule has 2 nitrogen and oxygen atoms in total. The number of hydrogen-bond acceptors (Lipinski definition) is 2. The first-order valence-electron chi connectivity index (χ1n) is 6.61. The Bertz CT molecular complexity index is 263. The van der Waals surface area contributed by atoms with Crippen LogP contribution >= 0.6 is 0 Å². The molecule has 0 radical (unpaired) electrons. The van der Waals surface area contributed by atoms with Gasteiger partial charge in [-0.05, 0) is 42.9 Å². The zero-order chi connectivity index (χ0) is 11.8. The number of methoxy groups -OCH3 is 1. The van der Waals surface area contributed by atoms with Crippen molar-refractivity contribution >= 4 is 6.29 Å². The molecule has 2 aliphatic rings. The van der Waals surface area contributed by atoms with Gasteiger partial charge in [0.05, 0.1) is 6.10 Å². The molecule has 2 aliphatic carbocycles. The van der Waals surface area contributed by atoms with Crippen LogP contribution in [0.2, 0.25) is 0 Å². The van der Waals surface area contributed by atoms with E-state index in [0.29, 0.717) is 23.4 Å². The molecule has 0 saturated heterocycles. The average Bonchev–Trinajstić information content (AvgIpc) is 2.64. The zero-order valence-electron chi connectivity index (χ0n) is 10.7. The molecule has 92 valence electrons. The molecule has 0 bridgehead atoms. The van der Waals surface area contributed by atoms with Crippen LogP contribution in [-0.2, 0) is 9.53 Å². The highest BCUT2D eigenvalue weighted by molar-refractivity contribution is 5.53. The minimum Gasteiger partial charge on any atom is -0.381 e. The quantitative estimate of drug-likeness (QED) is 0.689. The Morgan fingerprint density at radius 1 is 1.38 bits per heavy atom. The second-order valence-electron chi connectivity index (χ2n) is 5.96. The van der Waals surface area contributed by atoms with Gasteiger partial charge in [0.15, 0.2) is 0 Å². The highest BCUT2D eigenvalue weighted by Gasteiger charge is 2.52. The van der Waals surface area contributed by atoms with Gasteiger partial charge in [0, 0.05) is 13.0 Å². The van der Waals surface area contributed by atoms with Crippen molar-refractivity contribution in [2.45, 2.75) is 52.1 Å². The molecule has 2 rings (SSSR count). The van der Waals surface area contributed by atoms with Crippen LogP contribution in [0, 0.1) is 23.2 Å². The third-order valence-electron chi connectivity index (χ3n) is 5.29. The lowest BCUT2D eigenvalue weighted by Gasteiger charge is -2.45. The van der Waals surface area contributed by atoms with Crippen molar-refractivity contribution in [1.29, 1.82) is 0 Å². The van der Waals surface area contributed by atoms with E-state index >= 15 is 0 Å². The average molecular weight is 224 g/mol. The molecule has 0 aromatic rings. The van der Waals surface area contributed by atoms with Gasteiger partial charge in [-0.3, -0.25) is 0 Å². The molecule has 0 N–H and O–H groups in total. The minimum absolute atomic E-state index is 0.214. The van der Waals surface area contributed by atoms with Crippen molar-refractivity contribution in [3.8, 4) is 0 Å². The van der Waals surface area contributed by atoms with Crippen molar-refractivity contribution < 1.29 is 9.53 Å². The first-order chi connectivity index (χ1) is 7.63. The van der Waals surface area contributed by atoms with Crippen LogP contribution in [0.25, 0.3) is 0 Å². The number of carbonyl (C=O) groups is 1.